The van der Waals surface area contributed by atoms with E-state index < -0.39 is 0 Å². The fraction of sp³-hybridized carbons (Fsp3) is 0.0526. The lowest BCUT2D eigenvalue weighted by atomic mass is 10.0. The molecule has 0 bridgehead atoms. The van der Waals surface area contributed by atoms with Crippen LogP contribution < -0.4 is 0 Å². The molecule has 0 fully saturated rings. The van der Waals surface area contributed by atoms with Crippen LogP contribution in [0.2, 0.25) is 0 Å². The number of hydrogen-bond acceptors (Lipinski definition) is 18. The van der Waals surface area contributed by atoms with E-state index in [4.69, 9.17) is 44.9 Å². The van der Waals surface area contributed by atoms with Crippen LogP contribution in [0.25, 0.3) is 265 Å². The van der Waals surface area contributed by atoms with Crippen molar-refractivity contribution in [2.24, 2.45) is 0 Å². The second kappa shape index (κ2) is 29.8. The van der Waals surface area contributed by atoms with E-state index in [9.17, 15) is 0 Å². The molecule has 30 rings (SSSR count). The third kappa shape index (κ3) is 11.1. The van der Waals surface area contributed by atoms with Gasteiger partial charge in [0.2, 0.25) is 0 Å². The molecule has 0 aliphatic heterocycles. The molecule has 15 heterocycles. The number of aryl methyl sites for hydroxylation is 6. The van der Waals surface area contributed by atoms with Crippen LogP contribution >= 0.6 is 0 Å². The molecule has 30 aromatic rings. The smallest absolute Gasteiger partial charge is 0.157 e. The van der Waals surface area contributed by atoms with E-state index in [1.54, 1.807) is 74.4 Å². The molecule has 138 heavy (non-hydrogen) atoms. The summed E-state index contributed by atoms with van der Waals surface area (Å²) in [6, 6.07) is 84.3. The van der Waals surface area contributed by atoms with E-state index in [0.717, 1.165) is 72.4 Å². The first-order valence-corrected chi connectivity index (χ1v) is 45.6. The number of para-hydroxylation sites is 9. The molecule has 0 unspecified atom stereocenters. The molecule has 15 aromatic carbocycles. The Morgan fingerprint density at radius 2 is 0.449 bits per heavy atom. The van der Waals surface area contributed by atoms with E-state index in [1.165, 1.54) is 109 Å². The molecule has 0 aliphatic carbocycles. The van der Waals surface area contributed by atoms with E-state index in [1.807, 2.05) is 18.6 Å². The topological polar surface area (TPSA) is 262 Å². The van der Waals surface area contributed by atoms with Crippen molar-refractivity contribution in [1.82, 2.24) is 117 Å². The van der Waals surface area contributed by atoms with Crippen LogP contribution in [0.1, 0.15) is 33.4 Å². The number of hydrogen-bond donors (Lipinski definition) is 0. The first-order valence-electron chi connectivity index (χ1n) is 45.6. The Morgan fingerprint density at radius 3 is 0.855 bits per heavy atom. The first-order chi connectivity index (χ1) is 68.1. The van der Waals surface area contributed by atoms with Crippen LogP contribution in [0.15, 0.2) is 330 Å². The molecule has 648 valence electrons. The number of benzene rings is 15. The Morgan fingerprint density at radius 1 is 0.167 bits per heavy atom. The minimum absolute atomic E-state index is 0.648. The molecular formula is C114H72N24. The maximum absolute atomic E-state index is 5.31. The Bertz CT molecular complexity index is 10300. The van der Waals surface area contributed by atoms with E-state index in [2.05, 4.69) is 350 Å². The summed E-state index contributed by atoms with van der Waals surface area (Å²) in [4.78, 5) is 86.5. The highest BCUT2D eigenvalue weighted by Gasteiger charge is 2.31. The summed E-state index contributed by atoms with van der Waals surface area (Å²) in [6.07, 6.45) is 25.7. The van der Waals surface area contributed by atoms with Gasteiger partial charge in [-0.1, -0.05) is 164 Å². The lowest BCUT2D eigenvalue weighted by molar-refractivity contribution is 1.06. The minimum Gasteiger partial charge on any atom is -0.309 e. The summed E-state index contributed by atoms with van der Waals surface area (Å²) in [6.45, 7) is 13.1. The number of aromatic nitrogens is 24. The second-order valence-corrected chi connectivity index (χ2v) is 35.2. The third-order valence-electron chi connectivity index (χ3n) is 27.6. The quantitative estimate of drug-likeness (QED) is 0.140. The maximum Gasteiger partial charge on any atom is 0.157 e. The zero-order chi connectivity index (χ0) is 91.6. The van der Waals surface area contributed by atoms with Crippen molar-refractivity contribution in [3.05, 3.63) is 363 Å². The predicted octanol–water partition coefficient (Wildman–Crippen LogP) is 25.0. The van der Waals surface area contributed by atoms with E-state index in [-0.39, 0.29) is 0 Å². The summed E-state index contributed by atoms with van der Waals surface area (Å²) in [5.41, 5.74) is 35.9. The standard InChI is InChI=1S/3C38H24N8/c1-21-9-8-13-24-26-19-28-30(25-12-6-7-14-27(25)45(28)23-10-4-3-5-11-23)22(2)38(26)46(37(21)24)29-20-43-35-33-31(39-15-16-41-33)32-34(36(35)44-29)42-18-17-40-32;1-21-9-8-13-25-27-19-26-24-12-6-7-14-28(24)45(23-10-4-3-5-11-23)37(26)22(2)38(27)46(36(21)25)29-20-43-34-32-30(39-15-16-41-32)31-33(35(34)44-29)42-18-17-40-31;1-21-9-8-13-25-29-37(22(2)19-26-24-12-6-7-14-27(24)45(38(26)29)23-10-4-3-5-11-23)46(36(21)25)28-20-43-34-32-30(39-15-16-41-32)31-33(35(34)44-28)42-18-17-40-31/h3*3-20H,1-2H3. The molecule has 24 nitrogen and oxygen atoms in total. The lowest BCUT2D eigenvalue weighted by Crippen LogP contribution is -2.04. The Kier molecular flexibility index (Phi) is 16.8. The minimum atomic E-state index is 0.648. The fourth-order valence-corrected chi connectivity index (χ4v) is 22.1. The van der Waals surface area contributed by atoms with Crippen molar-refractivity contribution in [2.75, 3.05) is 0 Å². The van der Waals surface area contributed by atoms with Gasteiger partial charge in [0.05, 0.1) is 84.8 Å². The normalized spacial score (nSPS) is 12.1. The molecular weight excluding hydrogens is 1710 g/mol. The highest BCUT2D eigenvalue weighted by molar-refractivity contribution is 6.29. The summed E-state index contributed by atoms with van der Waals surface area (Å²) in [5.74, 6) is 2.13. The summed E-state index contributed by atoms with van der Waals surface area (Å²) < 4.78 is 14.0. The number of rotatable bonds is 6. The largest absolute Gasteiger partial charge is 0.309 e. The average molecular weight is 1780 g/mol. The lowest BCUT2D eigenvalue weighted by Gasteiger charge is -2.14. The van der Waals surface area contributed by atoms with Gasteiger partial charge in [-0.05, 0) is 148 Å². The van der Waals surface area contributed by atoms with Crippen molar-refractivity contribution >= 4 is 230 Å². The van der Waals surface area contributed by atoms with Gasteiger partial charge >= 0.3 is 0 Å². The van der Waals surface area contributed by atoms with Crippen LogP contribution in [-0.4, -0.2) is 117 Å². The number of fused-ring (bicyclic) bond motifs is 37. The summed E-state index contributed by atoms with van der Waals surface area (Å²) in [7, 11) is 0. The molecule has 0 radical (unpaired) electrons. The molecule has 0 aliphatic rings. The van der Waals surface area contributed by atoms with Gasteiger partial charge in [0.1, 0.15) is 99.3 Å². The molecule has 0 atom stereocenters. The van der Waals surface area contributed by atoms with Gasteiger partial charge in [-0.15, -0.1) is 0 Å². The van der Waals surface area contributed by atoms with Crippen molar-refractivity contribution in [1.29, 1.82) is 0 Å². The Labute approximate surface area is 781 Å². The van der Waals surface area contributed by atoms with Gasteiger partial charge in [0.25, 0.3) is 0 Å². The van der Waals surface area contributed by atoms with Gasteiger partial charge < -0.3 is 13.7 Å². The molecule has 24 heteroatoms. The van der Waals surface area contributed by atoms with E-state index >= 15 is 0 Å². The van der Waals surface area contributed by atoms with Crippen molar-refractivity contribution < 1.29 is 0 Å². The molecule has 0 amide bonds. The average Bonchev–Trinajstić information content (AvgIpc) is 1.56. The predicted molar refractivity (Wildman–Crippen MR) is 552 cm³/mol. The fourth-order valence-electron chi connectivity index (χ4n) is 22.1. The molecule has 0 saturated heterocycles. The van der Waals surface area contributed by atoms with Gasteiger partial charge in [0.15, 0.2) is 17.5 Å². The molecule has 0 N–H and O–H groups in total. The van der Waals surface area contributed by atoms with Crippen LogP contribution in [0, 0.1) is 41.5 Å². The van der Waals surface area contributed by atoms with Crippen LogP contribution in [-0.2, 0) is 0 Å². The van der Waals surface area contributed by atoms with Crippen molar-refractivity contribution in [3.8, 4) is 34.5 Å². The van der Waals surface area contributed by atoms with Crippen LogP contribution in [0.4, 0.5) is 0 Å². The Balaban J connectivity index is 0.000000102. The van der Waals surface area contributed by atoms with Gasteiger partial charge in [0, 0.05) is 156 Å². The van der Waals surface area contributed by atoms with Crippen LogP contribution in [0.5, 0.6) is 0 Å². The van der Waals surface area contributed by atoms with Crippen molar-refractivity contribution in [2.45, 2.75) is 41.5 Å². The highest BCUT2D eigenvalue weighted by atomic mass is 15.1. The monoisotopic (exact) mass is 1780 g/mol. The second-order valence-electron chi connectivity index (χ2n) is 35.2. The van der Waals surface area contributed by atoms with Gasteiger partial charge in [-0.3, -0.25) is 73.5 Å². The SMILES string of the molecule is Cc1cccc2c3c(c(C)cc4c5ccccc5n(-c5ccccc5)c43)n(-c3cnc4c5nccnc5c5nccnc5c4n3)c12.Cc1cccc2c3cc4c(c(C)c3n(-c3cnc5c6nccnc6c6nccnc6c5n3)c12)c1ccccc1n4-c1ccccc1.Cc1cccc2c3cc4c5ccccc5n(-c5ccccc5)c4c(C)c3n(-c3cnc4c5nccnc5c5nccnc5c4n3)c12. The Hall–Kier alpha value is -18.8. The zero-order valence-corrected chi connectivity index (χ0v) is 74.9. The van der Waals surface area contributed by atoms with Crippen molar-refractivity contribution in [3.63, 3.8) is 0 Å². The van der Waals surface area contributed by atoms with Crippen LogP contribution in [0.3, 0.4) is 0 Å². The molecule has 0 saturated carbocycles. The summed E-state index contributed by atoms with van der Waals surface area (Å²) >= 11 is 0. The highest BCUT2D eigenvalue weighted by Crippen LogP contribution is 2.49. The first kappa shape index (κ1) is 77.9. The zero-order valence-electron chi connectivity index (χ0n) is 74.9. The maximum atomic E-state index is 5.31. The molecule has 0 spiro atoms. The van der Waals surface area contributed by atoms with Gasteiger partial charge in [-0.25, -0.2) is 29.9 Å². The van der Waals surface area contributed by atoms with E-state index in [0.29, 0.717) is 117 Å². The molecule has 15 aromatic heterocycles. The number of nitrogens with zero attached hydrogens (tertiary/aromatic N) is 24. The summed E-state index contributed by atoms with van der Waals surface area (Å²) in [5, 5.41) is 14.4. The third-order valence-corrected chi connectivity index (χ3v) is 27.6. The van der Waals surface area contributed by atoms with Gasteiger partial charge in [-0.2, -0.15) is 0 Å².